The van der Waals surface area contributed by atoms with Crippen molar-refractivity contribution in [2.45, 2.75) is 25.7 Å². The van der Waals surface area contributed by atoms with Gasteiger partial charge in [-0.15, -0.1) is 0 Å². The largest absolute Gasteiger partial charge is 0.396 e. The summed E-state index contributed by atoms with van der Waals surface area (Å²) in [5.74, 6) is -1.72. The van der Waals surface area contributed by atoms with Gasteiger partial charge in [0.2, 0.25) is 0 Å². The third kappa shape index (κ3) is 3.31. The van der Waals surface area contributed by atoms with Gasteiger partial charge in [0, 0.05) is 25.4 Å². The van der Waals surface area contributed by atoms with Gasteiger partial charge >= 0.3 is 0 Å². The molecule has 1 aromatic heterocycles. The monoisotopic (exact) mass is 335 g/mol. The highest BCUT2D eigenvalue weighted by Crippen LogP contribution is 2.43. The molecule has 5 nitrogen and oxygen atoms in total. The van der Waals surface area contributed by atoms with Crippen LogP contribution in [0.5, 0.6) is 0 Å². The summed E-state index contributed by atoms with van der Waals surface area (Å²) in [6.45, 7) is 0.611. The molecule has 2 N–H and O–H groups in total. The molecule has 3 rings (SSSR count). The van der Waals surface area contributed by atoms with E-state index in [1.165, 1.54) is 23.1 Å². The molecule has 0 aliphatic heterocycles. The van der Waals surface area contributed by atoms with Gasteiger partial charge in [0.05, 0.1) is 11.8 Å². The third-order valence-corrected chi connectivity index (χ3v) is 4.68. The fraction of sp³-hybridized carbons (Fsp3) is 0.412. The van der Waals surface area contributed by atoms with Crippen molar-refractivity contribution in [1.29, 1.82) is 0 Å². The molecule has 1 saturated carbocycles. The number of carbonyl (C=O) groups excluding carboxylic acids is 1. The summed E-state index contributed by atoms with van der Waals surface area (Å²) in [6.07, 6.45) is 6.52. The van der Waals surface area contributed by atoms with Crippen LogP contribution in [0.25, 0.3) is 5.69 Å². The molecular formula is C17H19F2N3O2. The highest BCUT2D eigenvalue weighted by molar-refractivity contribution is 5.93. The summed E-state index contributed by atoms with van der Waals surface area (Å²) < 4.78 is 27.9. The lowest BCUT2D eigenvalue weighted by molar-refractivity contribution is 0.0732. The average Bonchev–Trinajstić information content (AvgIpc) is 2.99. The highest BCUT2D eigenvalue weighted by atomic mass is 19.1. The summed E-state index contributed by atoms with van der Waals surface area (Å²) in [7, 11) is 0. The van der Waals surface area contributed by atoms with Crippen LogP contribution in [0.4, 0.5) is 8.78 Å². The van der Waals surface area contributed by atoms with Crippen LogP contribution in [0.15, 0.2) is 30.6 Å². The van der Waals surface area contributed by atoms with E-state index in [0.717, 1.165) is 31.4 Å². The van der Waals surface area contributed by atoms with Gasteiger partial charge in [-0.2, -0.15) is 5.10 Å². The maximum atomic E-state index is 13.8. The molecule has 24 heavy (non-hydrogen) atoms. The lowest BCUT2D eigenvalue weighted by atomic mass is 9.67. The maximum Gasteiger partial charge on any atom is 0.254 e. The van der Waals surface area contributed by atoms with Crippen LogP contribution in [0.1, 0.15) is 36.0 Å². The van der Waals surface area contributed by atoms with Gasteiger partial charge < -0.3 is 10.4 Å². The molecule has 7 heteroatoms. The number of rotatable bonds is 6. The van der Waals surface area contributed by atoms with Gasteiger partial charge in [0.25, 0.3) is 5.91 Å². The molecule has 1 aliphatic carbocycles. The number of hydrogen-bond donors (Lipinski definition) is 2. The van der Waals surface area contributed by atoms with Gasteiger partial charge in [-0.3, -0.25) is 4.79 Å². The Bertz CT molecular complexity index is 741. The number of aliphatic hydroxyl groups is 1. The zero-order chi connectivity index (χ0) is 17.2. The Morgan fingerprint density at radius 2 is 2.17 bits per heavy atom. The molecule has 0 atom stereocenters. The Balaban J connectivity index is 1.67. The maximum absolute atomic E-state index is 13.8. The summed E-state index contributed by atoms with van der Waals surface area (Å²) in [5, 5.41) is 16.0. The molecule has 1 fully saturated rings. The van der Waals surface area contributed by atoms with Crippen molar-refractivity contribution in [3.63, 3.8) is 0 Å². The normalized spacial score (nSPS) is 15.8. The van der Waals surface area contributed by atoms with E-state index in [2.05, 4.69) is 10.4 Å². The van der Waals surface area contributed by atoms with E-state index >= 15 is 0 Å². The first-order valence-electron chi connectivity index (χ1n) is 7.92. The molecular weight excluding hydrogens is 316 g/mol. The molecule has 0 bridgehead atoms. The second kappa shape index (κ2) is 6.68. The van der Waals surface area contributed by atoms with Crippen molar-refractivity contribution < 1.29 is 18.7 Å². The lowest BCUT2D eigenvalue weighted by Crippen LogP contribution is -2.42. The van der Waals surface area contributed by atoms with E-state index in [-0.39, 0.29) is 23.6 Å². The third-order valence-electron chi connectivity index (χ3n) is 4.68. The minimum absolute atomic E-state index is 0.0104. The number of nitrogens with one attached hydrogen (secondary N) is 1. The van der Waals surface area contributed by atoms with Gasteiger partial charge in [-0.25, -0.2) is 13.5 Å². The molecule has 2 aromatic rings. The number of carbonyl (C=O) groups is 1. The lowest BCUT2D eigenvalue weighted by Gasteiger charge is -2.41. The molecule has 0 saturated heterocycles. The van der Waals surface area contributed by atoms with Crippen molar-refractivity contribution in [3.05, 3.63) is 47.8 Å². The van der Waals surface area contributed by atoms with E-state index in [9.17, 15) is 13.6 Å². The summed E-state index contributed by atoms with van der Waals surface area (Å²) in [5.41, 5.74) is 0.368. The molecule has 0 unspecified atom stereocenters. The number of amides is 1. The first kappa shape index (κ1) is 16.6. The van der Waals surface area contributed by atoms with Crippen LogP contribution >= 0.6 is 0 Å². The number of benzene rings is 1. The molecule has 1 heterocycles. The molecule has 0 spiro atoms. The van der Waals surface area contributed by atoms with Crippen molar-refractivity contribution >= 4 is 5.91 Å². The fourth-order valence-electron chi connectivity index (χ4n) is 3.04. The van der Waals surface area contributed by atoms with E-state index in [0.29, 0.717) is 18.5 Å². The fourth-order valence-corrected chi connectivity index (χ4v) is 3.04. The van der Waals surface area contributed by atoms with E-state index in [4.69, 9.17) is 5.11 Å². The summed E-state index contributed by atoms with van der Waals surface area (Å²) >= 11 is 0. The molecule has 0 radical (unpaired) electrons. The zero-order valence-corrected chi connectivity index (χ0v) is 13.1. The summed E-state index contributed by atoms with van der Waals surface area (Å²) in [6, 6.07) is 3.17. The van der Waals surface area contributed by atoms with Gasteiger partial charge in [0.15, 0.2) is 5.82 Å². The number of halogens is 2. The minimum Gasteiger partial charge on any atom is -0.396 e. The zero-order valence-electron chi connectivity index (χ0n) is 13.1. The van der Waals surface area contributed by atoms with E-state index < -0.39 is 11.6 Å². The van der Waals surface area contributed by atoms with Gasteiger partial charge in [-0.1, -0.05) is 6.42 Å². The molecule has 1 aliphatic rings. The number of nitrogens with zero attached hydrogens (tertiary/aromatic N) is 2. The molecule has 1 amide bonds. The van der Waals surface area contributed by atoms with Crippen molar-refractivity contribution in [1.82, 2.24) is 15.1 Å². The minimum atomic E-state index is -0.749. The predicted molar refractivity (Wildman–Crippen MR) is 83.8 cm³/mol. The van der Waals surface area contributed by atoms with Crippen molar-refractivity contribution in [2.75, 3.05) is 13.2 Å². The average molecular weight is 335 g/mol. The second-order valence-electron chi connectivity index (χ2n) is 6.28. The second-order valence-corrected chi connectivity index (χ2v) is 6.28. The first-order chi connectivity index (χ1) is 11.5. The highest BCUT2D eigenvalue weighted by Gasteiger charge is 2.36. The van der Waals surface area contributed by atoms with Crippen molar-refractivity contribution in [2.24, 2.45) is 5.41 Å². The SMILES string of the molecule is O=C(NCC1(CCO)CCC1)c1cnn(-c2ccc(F)cc2F)c1. The number of hydrogen-bond acceptors (Lipinski definition) is 3. The quantitative estimate of drug-likeness (QED) is 0.852. The standard InChI is InChI=1S/C17H19F2N3O2/c18-13-2-3-15(14(19)8-13)22-10-12(9-21-22)16(24)20-11-17(6-7-23)4-1-5-17/h2-3,8-10,23H,1,4-7,11H2,(H,20,24). The topological polar surface area (TPSA) is 67.2 Å². The smallest absolute Gasteiger partial charge is 0.254 e. The number of aliphatic hydroxyl groups excluding tert-OH is 1. The van der Waals surface area contributed by atoms with E-state index in [1.54, 1.807) is 0 Å². The van der Waals surface area contributed by atoms with Gasteiger partial charge in [-0.05, 0) is 36.8 Å². The predicted octanol–water partition coefficient (Wildman–Crippen LogP) is 2.43. The van der Waals surface area contributed by atoms with Crippen LogP contribution < -0.4 is 5.32 Å². The van der Waals surface area contributed by atoms with Crippen LogP contribution in [0.3, 0.4) is 0 Å². The Morgan fingerprint density at radius 3 is 2.79 bits per heavy atom. The van der Waals surface area contributed by atoms with Crippen LogP contribution in [-0.2, 0) is 0 Å². The Kier molecular flexibility index (Phi) is 4.62. The van der Waals surface area contributed by atoms with Gasteiger partial charge in [0.1, 0.15) is 11.5 Å². The van der Waals surface area contributed by atoms with Crippen LogP contribution in [0.2, 0.25) is 0 Å². The molecule has 128 valence electrons. The van der Waals surface area contributed by atoms with E-state index in [1.807, 2.05) is 0 Å². The Morgan fingerprint density at radius 1 is 1.38 bits per heavy atom. The Hall–Kier alpha value is -2.28. The molecule has 1 aromatic carbocycles. The van der Waals surface area contributed by atoms with Crippen LogP contribution in [-0.4, -0.2) is 33.9 Å². The van der Waals surface area contributed by atoms with Crippen LogP contribution in [0, 0.1) is 17.0 Å². The summed E-state index contributed by atoms with van der Waals surface area (Å²) in [4.78, 5) is 12.2. The van der Waals surface area contributed by atoms with Crippen molar-refractivity contribution in [3.8, 4) is 5.69 Å². The Labute approximate surface area is 138 Å². The first-order valence-corrected chi connectivity index (χ1v) is 7.92. The number of aromatic nitrogens is 2.